The van der Waals surface area contributed by atoms with E-state index in [-0.39, 0.29) is 30.7 Å². The van der Waals surface area contributed by atoms with Gasteiger partial charge in [-0.15, -0.1) is 0 Å². The molecule has 1 heterocycles. The Morgan fingerprint density at radius 2 is 1.81 bits per heavy atom. The van der Waals surface area contributed by atoms with Crippen LogP contribution in [0.1, 0.15) is 22.4 Å². The molecule has 7 nitrogen and oxygen atoms in total. The maximum Gasteiger partial charge on any atom is 0.240 e. The zero-order valence-corrected chi connectivity index (χ0v) is 18.4. The molecule has 0 saturated carbocycles. The number of anilines is 1. The number of aromatic nitrogens is 2. The predicted octanol–water partition coefficient (Wildman–Crippen LogP) is 3.04. The number of imidazole rings is 1. The van der Waals surface area contributed by atoms with E-state index in [2.05, 4.69) is 15.6 Å². The summed E-state index contributed by atoms with van der Waals surface area (Å²) in [5, 5.41) is 15.9. The Kier molecular flexibility index (Phi) is 7.86. The van der Waals surface area contributed by atoms with E-state index < -0.39 is 0 Å². The Bertz CT molecular complexity index is 1050. The third kappa shape index (κ3) is 6.44. The van der Waals surface area contributed by atoms with Gasteiger partial charge in [-0.05, 0) is 31.0 Å². The number of carbonyl (C=O) groups excluding carboxylic acids is 2. The molecule has 3 rings (SSSR count). The Morgan fingerprint density at radius 1 is 1.06 bits per heavy atom. The number of aliphatic hydroxyl groups is 1. The van der Waals surface area contributed by atoms with Crippen LogP contribution < -0.4 is 10.6 Å². The van der Waals surface area contributed by atoms with Crippen LogP contribution in [0.15, 0.2) is 59.9 Å². The first-order valence-electron chi connectivity index (χ1n) is 9.92. The summed E-state index contributed by atoms with van der Waals surface area (Å²) in [7, 11) is 0. The lowest BCUT2D eigenvalue weighted by atomic mass is 10.1. The molecule has 8 heteroatoms. The molecule has 2 amide bonds. The third-order valence-corrected chi connectivity index (χ3v) is 5.72. The van der Waals surface area contributed by atoms with E-state index in [1.165, 1.54) is 18.0 Å². The van der Waals surface area contributed by atoms with E-state index in [1.54, 1.807) is 4.57 Å². The summed E-state index contributed by atoms with van der Waals surface area (Å²) in [6, 6.07) is 15.5. The van der Waals surface area contributed by atoms with Gasteiger partial charge < -0.3 is 20.3 Å². The Morgan fingerprint density at radius 3 is 2.52 bits per heavy atom. The molecule has 0 atom stereocenters. The number of aryl methyl sites for hydroxylation is 2. The number of para-hydroxylation sites is 1. The Labute approximate surface area is 185 Å². The number of rotatable bonds is 9. The maximum atomic E-state index is 12.5. The number of benzene rings is 2. The summed E-state index contributed by atoms with van der Waals surface area (Å²) in [5.74, 6) is -0.219. The summed E-state index contributed by atoms with van der Waals surface area (Å²) in [6.07, 6.45) is 1.52. The van der Waals surface area contributed by atoms with Crippen molar-refractivity contribution in [3.8, 4) is 0 Å². The van der Waals surface area contributed by atoms with Crippen LogP contribution in [0.25, 0.3) is 0 Å². The van der Waals surface area contributed by atoms with Crippen LogP contribution >= 0.6 is 11.8 Å². The fourth-order valence-corrected chi connectivity index (χ4v) is 3.74. The molecule has 0 radical (unpaired) electrons. The van der Waals surface area contributed by atoms with E-state index in [1.807, 2.05) is 62.4 Å². The van der Waals surface area contributed by atoms with E-state index in [0.29, 0.717) is 17.4 Å². The van der Waals surface area contributed by atoms with Crippen LogP contribution in [-0.4, -0.2) is 32.2 Å². The number of nitrogens with zero attached hydrogens (tertiary/aromatic N) is 2. The van der Waals surface area contributed by atoms with E-state index in [0.717, 1.165) is 22.4 Å². The highest BCUT2D eigenvalue weighted by Gasteiger charge is 2.15. The summed E-state index contributed by atoms with van der Waals surface area (Å²) in [6.45, 7) is 4.14. The Balaban J connectivity index is 1.57. The monoisotopic (exact) mass is 438 g/mol. The van der Waals surface area contributed by atoms with Crippen LogP contribution in [-0.2, 0) is 29.3 Å². The zero-order chi connectivity index (χ0) is 22.2. The van der Waals surface area contributed by atoms with Gasteiger partial charge in [0.15, 0.2) is 5.16 Å². The number of hydrogen-bond donors (Lipinski definition) is 3. The lowest BCUT2D eigenvalue weighted by Gasteiger charge is -2.12. The van der Waals surface area contributed by atoms with Crippen molar-refractivity contribution in [1.29, 1.82) is 0 Å². The highest BCUT2D eigenvalue weighted by atomic mass is 32.2. The van der Waals surface area contributed by atoms with Crippen molar-refractivity contribution in [2.45, 2.75) is 38.7 Å². The second kappa shape index (κ2) is 10.8. The van der Waals surface area contributed by atoms with Gasteiger partial charge in [0, 0.05) is 12.2 Å². The minimum atomic E-state index is -0.242. The number of thioether (sulfide) groups is 1. The van der Waals surface area contributed by atoms with Gasteiger partial charge in [0.25, 0.3) is 0 Å². The molecule has 2 aromatic carbocycles. The molecule has 0 saturated heterocycles. The van der Waals surface area contributed by atoms with Gasteiger partial charge in [-0.1, -0.05) is 59.8 Å². The molecule has 0 aliphatic heterocycles. The van der Waals surface area contributed by atoms with Gasteiger partial charge in [-0.25, -0.2) is 4.98 Å². The molecule has 3 N–H and O–H groups in total. The van der Waals surface area contributed by atoms with Gasteiger partial charge in [0.2, 0.25) is 11.8 Å². The van der Waals surface area contributed by atoms with E-state index in [9.17, 15) is 14.7 Å². The van der Waals surface area contributed by atoms with Gasteiger partial charge in [-0.2, -0.15) is 0 Å². The average Bonchev–Trinajstić information content (AvgIpc) is 3.15. The molecule has 1 aromatic heterocycles. The molecule has 162 valence electrons. The van der Waals surface area contributed by atoms with Crippen molar-refractivity contribution in [3.63, 3.8) is 0 Å². The van der Waals surface area contributed by atoms with Crippen LogP contribution in [0.3, 0.4) is 0 Å². The summed E-state index contributed by atoms with van der Waals surface area (Å²) < 4.78 is 1.64. The quantitative estimate of drug-likeness (QED) is 0.446. The topological polar surface area (TPSA) is 96.2 Å². The van der Waals surface area contributed by atoms with Crippen molar-refractivity contribution < 1.29 is 14.7 Å². The minimum absolute atomic E-state index is 0.0174. The molecule has 3 aromatic rings. The number of carbonyl (C=O) groups is 2. The molecule has 0 spiro atoms. The van der Waals surface area contributed by atoms with Gasteiger partial charge in [0.1, 0.15) is 6.54 Å². The van der Waals surface area contributed by atoms with E-state index in [4.69, 9.17) is 0 Å². The van der Waals surface area contributed by atoms with Crippen molar-refractivity contribution in [2.24, 2.45) is 0 Å². The average molecular weight is 439 g/mol. The molecule has 0 unspecified atom stereocenters. The summed E-state index contributed by atoms with van der Waals surface area (Å²) in [4.78, 5) is 29.1. The number of hydrogen-bond acceptors (Lipinski definition) is 5. The summed E-state index contributed by atoms with van der Waals surface area (Å²) in [5.41, 5.74) is 4.44. The lowest BCUT2D eigenvalue weighted by molar-refractivity contribution is -0.122. The molecule has 0 bridgehead atoms. The molecule has 0 aliphatic carbocycles. The van der Waals surface area contributed by atoms with Gasteiger partial charge in [0.05, 0.1) is 24.3 Å². The normalized spacial score (nSPS) is 10.7. The minimum Gasteiger partial charge on any atom is -0.390 e. The largest absolute Gasteiger partial charge is 0.390 e. The highest BCUT2D eigenvalue weighted by molar-refractivity contribution is 7.99. The first-order valence-corrected chi connectivity index (χ1v) is 10.9. The number of amides is 2. The highest BCUT2D eigenvalue weighted by Crippen LogP contribution is 2.20. The first-order chi connectivity index (χ1) is 15.0. The number of nitrogens with one attached hydrogen (secondary N) is 2. The van der Waals surface area contributed by atoms with Crippen molar-refractivity contribution in [2.75, 3.05) is 11.1 Å². The fraction of sp³-hybridized carbons (Fsp3) is 0.261. The maximum absolute atomic E-state index is 12.5. The van der Waals surface area contributed by atoms with Crippen molar-refractivity contribution >= 4 is 29.3 Å². The number of aliphatic hydroxyl groups excluding tert-OH is 1. The second-order valence-corrected chi connectivity index (χ2v) is 8.13. The molecule has 0 aliphatic rings. The molecular weight excluding hydrogens is 412 g/mol. The smallest absolute Gasteiger partial charge is 0.240 e. The van der Waals surface area contributed by atoms with Crippen molar-refractivity contribution in [1.82, 2.24) is 14.9 Å². The Hall–Kier alpha value is -3.10. The fourth-order valence-electron chi connectivity index (χ4n) is 2.94. The van der Waals surface area contributed by atoms with Crippen molar-refractivity contribution in [3.05, 3.63) is 77.1 Å². The van der Waals surface area contributed by atoms with Crippen LogP contribution in [0.2, 0.25) is 0 Å². The van der Waals surface area contributed by atoms with E-state index >= 15 is 0 Å². The molecule has 0 fully saturated rings. The van der Waals surface area contributed by atoms with Gasteiger partial charge in [-0.3, -0.25) is 9.59 Å². The van der Waals surface area contributed by atoms with Crippen LogP contribution in [0.5, 0.6) is 0 Å². The van der Waals surface area contributed by atoms with Crippen LogP contribution in [0, 0.1) is 13.8 Å². The first kappa shape index (κ1) is 22.6. The zero-order valence-electron chi connectivity index (χ0n) is 17.6. The standard InChI is InChI=1S/C23H26N4O3S/c1-16-7-9-18(10-8-16)11-24-21(29)13-27-19(14-28)12-25-23(27)31-15-22(30)26-20-6-4-3-5-17(20)2/h3-10,12,28H,11,13-15H2,1-2H3,(H,24,29)(H,26,30). The summed E-state index contributed by atoms with van der Waals surface area (Å²) >= 11 is 1.22. The molecule has 31 heavy (non-hydrogen) atoms. The van der Waals surface area contributed by atoms with Crippen LogP contribution in [0.4, 0.5) is 5.69 Å². The van der Waals surface area contributed by atoms with Gasteiger partial charge >= 0.3 is 0 Å². The third-order valence-electron chi connectivity index (χ3n) is 4.73. The second-order valence-electron chi connectivity index (χ2n) is 7.19. The SMILES string of the molecule is Cc1ccc(CNC(=O)Cn2c(CO)cnc2SCC(=O)Nc2ccccc2C)cc1. The lowest BCUT2D eigenvalue weighted by Crippen LogP contribution is -2.28. The molecular formula is C23H26N4O3S. The predicted molar refractivity (Wildman–Crippen MR) is 122 cm³/mol.